The summed E-state index contributed by atoms with van der Waals surface area (Å²) in [5, 5.41) is 0. The highest BCUT2D eigenvalue weighted by Crippen LogP contribution is 2.33. The predicted octanol–water partition coefficient (Wildman–Crippen LogP) is 4.98. The Kier molecular flexibility index (Phi) is 4.13. The second-order valence-corrected chi connectivity index (χ2v) is 4.92. The summed E-state index contributed by atoms with van der Waals surface area (Å²) in [5.74, 6) is -3.04. The van der Waals surface area contributed by atoms with Gasteiger partial charge in [0.1, 0.15) is 11.6 Å². The average Bonchev–Trinajstić information content (AvgIpc) is 2.40. The van der Waals surface area contributed by atoms with Gasteiger partial charge in [0.15, 0.2) is 5.78 Å². The number of rotatable bonds is 2. The SMILES string of the molecule is O=C(c1ccc(F)c(C(F)(F)F)c1)c1cccc(F)c1Br. The maximum Gasteiger partial charge on any atom is 0.419 e. The summed E-state index contributed by atoms with van der Waals surface area (Å²) in [6, 6.07) is 5.49. The van der Waals surface area contributed by atoms with E-state index < -0.39 is 29.2 Å². The van der Waals surface area contributed by atoms with Crippen molar-refractivity contribution in [2.75, 3.05) is 0 Å². The molecule has 0 fully saturated rings. The molecular weight excluding hydrogens is 359 g/mol. The summed E-state index contributed by atoms with van der Waals surface area (Å²) in [5.41, 5.74) is -2.06. The third kappa shape index (κ3) is 3.12. The molecule has 1 nitrogen and oxygen atoms in total. The lowest BCUT2D eigenvalue weighted by Crippen LogP contribution is -2.11. The number of hydrogen-bond donors (Lipinski definition) is 0. The van der Waals surface area contributed by atoms with Gasteiger partial charge >= 0.3 is 6.18 Å². The molecule has 0 aliphatic carbocycles. The first-order chi connectivity index (χ1) is 9.71. The van der Waals surface area contributed by atoms with Crippen molar-refractivity contribution in [2.45, 2.75) is 6.18 Å². The Hall–Kier alpha value is -1.76. The minimum absolute atomic E-state index is 0.144. The van der Waals surface area contributed by atoms with Crippen LogP contribution in [-0.2, 0) is 6.18 Å². The minimum Gasteiger partial charge on any atom is -0.289 e. The predicted molar refractivity (Wildman–Crippen MR) is 68.9 cm³/mol. The smallest absolute Gasteiger partial charge is 0.289 e. The van der Waals surface area contributed by atoms with Crippen LogP contribution in [0.2, 0.25) is 0 Å². The van der Waals surface area contributed by atoms with Crippen LogP contribution in [0.5, 0.6) is 0 Å². The Morgan fingerprint density at radius 3 is 2.29 bits per heavy atom. The van der Waals surface area contributed by atoms with E-state index in [1.807, 2.05) is 0 Å². The second kappa shape index (κ2) is 5.55. The molecule has 0 aliphatic rings. The summed E-state index contributed by atoms with van der Waals surface area (Å²) in [4.78, 5) is 12.1. The molecule has 0 amide bonds. The molecule has 2 rings (SSSR count). The van der Waals surface area contributed by atoms with Gasteiger partial charge in [-0.05, 0) is 46.3 Å². The van der Waals surface area contributed by atoms with Gasteiger partial charge in [-0.1, -0.05) is 6.07 Å². The monoisotopic (exact) mass is 364 g/mol. The van der Waals surface area contributed by atoms with E-state index in [0.717, 1.165) is 12.1 Å². The normalized spacial score (nSPS) is 11.5. The number of alkyl halides is 3. The molecule has 0 radical (unpaired) electrons. The van der Waals surface area contributed by atoms with E-state index in [2.05, 4.69) is 15.9 Å². The number of carbonyl (C=O) groups excluding carboxylic acids is 1. The van der Waals surface area contributed by atoms with Crippen molar-refractivity contribution in [3.8, 4) is 0 Å². The van der Waals surface area contributed by atoms with E-state index in [1.54, 1.807) is 0 Å². The summed E-state index contributed by atoms with van der Waals surface area (Å²) in [6.07, 6.45) is -4.92. The molecule has 0 spiro atoms. The molecular formula is C14H6BrF5O. The molecule has 0 N–H and O–H groups in total. The topological polar surface area (TPSA) is 17.1 Å². The van der Waals surface area contributed by atoms with Gasteiger partial charge in [0.25, 0.3) is 0 Å². The quantitative estimate of drug-likeness (QED) is 0.542. The Morgan fingerprint density at radius 1 is 1.00 bits per heavy atom. The Balaban J connectivity index is 2.52. The van der Waals surface area contributed by atoms with Crippen LogP contribution in [0.4, 0.5) is 22.0 Å². The first-order valence-electron chi connectivity index (χ1n) is 5.57. The van der Waals surface area contributed by atoms with E-state index in [0.29, 0.717) is 12.1 Å². The standard InChI is InChI=1S/C14H6BrF5O/c15-12-8(2-1-3-11(12)17)13(21)7-4-5-10(16)9(6-7)14(18,19)20/h1-6H. The minimum atomic E-state index is -4.92. The molecule has 2 aromatic rings. The fourth-order valence-corrected chi connectivity index (χ4v) is 2.16. The lowest BCUT2D eigenvalue weighted by Gasteiger charge is -2.10. The Bertz CT molecular complexity index is 709. The van der Waals surface area contributed by atoms with Crippen molar-refractivity contribution < 1.29 is 26.7 Å². The zero-order valence-corrected chi connectivity index (χ0v) is 11.7. The van der Waals surface area contributed by atoms with E-state index in [9.17, 15) is 26.7 Å². The van der Waals surface area contributed by atoms with Crippen molar-refractivity contribution in [3.63, 3.8) is 0 Å². The Labute approximate surface area is 124 Å². The van der Waals surface area contributed by atoms with Gasteiger partial charge in [0.2, 0.25) is 0 Å². The Morgan fingerprint density at radius 2 is 1.67 bits per heavy atom. The van der Waals surface area contributed by atoms with Crippen molar-refractivity contribution >= 4 is 21.7 Å². The highest BCUT2D eigenvalue weighted by atomic mass is 79.9. The number of benzene rings is 2. The number of carbonyl (C=O) groups is 1. The third-order valence-corrected chi connectivity index (χ3v) is 3.54. The average molecular weight is 365 g/mol. The van der Waals surface area contributed by atoms with Gasteiger partial charge in [-0.2, -0.15) is 13.2 Å². The zero-order chi connectivity index (χ0) is 15.8. The summed E-state index contributed by atoms with van der Waals surface area (Å²) in [7, 11) is 0. The molecule has 0 atom stereocenters. The van der Waals surface area contributed by atoms with Gasteiger partial charge < -0.3 is 0 Å². The molecule has 0 aliphatic heterocycles. The molecule has 7 heteroatoms. The van der Waals surface area contributed by atoms with Crippen molar-refractivity contribution in [3.05, 3.63) is 69.2 Å². The van der Waals surface area contributed by atoms with Gasteiger partial charge in [0, 0.05) is 11.1 Å². The van der Waals surface area contributed by atoms with Crippen LogP contribution in [-0.4, -0.2) is 5.78 Å². The first kappa shape index (κ1) is 15.6. The molecule has 0 saturated heterocycles. The third-order valence-electron chi connectivity index (χ3n) is 2.73. The van der Waals surface area contributed by atoms with Crippen LogP contribution in [0.15, 0.2) is 40.9 Å². The van der Waals surface area contributed by atoms with Crippen molar-refractivity contribution in [1.82, 2.24) is 0 Å². The number of halogens is 6. The maximum absolute atomic E-state index is 13.3. The second-order valence-electron chi connectivity index (χ2n) is 4.12. The molecule has 0 heterocycles. The molecule has 0 aromatic heterocycles. The fourth-order valence-electron chi connectivity index (χ4n) is 1.72. The fraction of sp³-hybridized carbons (Fsp3) is 0.0714. The molecule has 21 heavy (non-hydrogen) atoms. The number of ketones is 1. The maximum atomic E-state index is 13.3. The van der Waals surface area contributed by atoms with E-state index >= 15 is 0 Å². The lowest BCUT2D eigenvalue weighted by atomic mass is 10.0. The van der Waals surface area contributed by atoms with E-state index in [4.69, 9.17) is 0 Å². The summed E-state index contributed by atoms with van der Waals surface area (Å²) < 4.78 is 64.2. The van der Waals surface area contributed by atoms with Gasteiger partial charge in [0.05, 0.1) is 10.0 Å². The van der Waals surface area contributed by atoms with Crippen LogP contribution >= 0.6 is 15.9 Å². The molecule has 0 bridgehead atoms. The highest BCUT2D eigenvalue weighted by molar-refractivity contribution is 9.10. The van der Waals surface area contributed by atoms with Crippen LogP contribution in [0.25, 0.3) is 0 Å². The van der Waals surface area contributed by atoms with Crippen LogP contribution in [0.3, 0.4) is 0 Å². The number of hydrogen-bond acceptors (Lipinski definition) is 1. The van der Waals surface area contributed by atoms with E-state index in [1.165, 1.54) is 12.1 Å². The van der Waals surface area contributed by atoms with E-state index in [-0.39, 0.29) is 15.6 Å². The highest BCUT2D eigenvalue weighted by Gasteiger charge is 2.34. The molecule has 2 aromatic carbocycles. The summed E-state index contributed by atoms with van der Waals surface area (Å²) >= 11 is 2.86. The largest absolute Gasteiger partial charge is 0.419 e. The first-order valence-corrected chi connectivity index (χ1v) is 6.36. The van der Waals surface area contributed by atoms with Crippen LogP contribution < -0.4 is 0 Å². The van der Waals surface area contributed by atoms with Crippen molar-refractivity contribution in [1.29, 1.82) is 0 Å². The molecule has 0 unspecified atom stereocenters. The zero-order valence-electron chi connectivity index (χ0n) is 10.1. The van der Waals surface area contributed by atoms with Gasteiger partial charge in [-0.15, -0.1) is 0 Å². The summed E-state index contributed by atoms with van der Waals surface area (Å²) in [6.45, 7) is 0. The van der Waals surface area contributed by atoms with Crippen LogP contribution in [0.1, 0.15) is 21.5 Å². The van der Waals surface area contributed by atoms with Crippen LogP contribution in [0, 0.1) is 11.6 Å². The van der Waals surface area contributed by atoms with Gasteiger partial charge in [-0.3, -0.25) is 4.79 Å². The molecule has 0 saturated carbocycles. The van der Waals surface area contributed by atoms with Crippen molar-refractivity contribution in [2.24, 2.45) is 0 Å². The molecule has 110 valence electrons. The lowest BCUT2D eigenvalue weighted by molar-refractivity contribution is -0.140. The van der Waals surface area contributed by atoms with Gasteiger partial charge in [-0.25, -0.2) is 8.78 Å².